The molecule has 2 unspecified atom stereocenters. The number of oxazole rings is 1. The van der Waals surface area contributed by atoms with Gasteiger partial charge in [-0.15, -0.1) is 0 Å². The summed E-state index contributed by atoms with van der Waals surface area (Å²) in [5, 5.41) is -0.667. The van der Waals surface area contributed by atoms with Gasteiger partial charge in [-0.1, -0.05) is 0 Å². The van der Waals surface area contributed by atoms with E-state index in [0.717, 1.165) is 12.5 Å². The van der Waals surface area contributed by atoms with Crippen molar-refractivity contribution in [1.29, 1.82) is 0 Å². The average molecular weight is 443 g/mol. The Morgan fingerprint density at radius 1 is 1.10 bits per heavy atom. The minimum Gasteiger partial charge on any atom is -0.441 e. The van der Waals surface area contributed by atoms with E-state index in [2.05, 4.69) is 4.98 Å². The molecule has 2 atom stereocenters. The Hall–Kier alpha value is -2.20. The van der Waals surface area contributed by atoms with Gasteiger partial charge in [0.15, 0.2) is 31.3 Å². The third kappa shape index (κ3) is 5.89. The van der Waals surface area contributed by atoms with Crippen molar-refractivity contribution in [2.75, 3.05) is 19.6 Å². The van der Waals surface area contributed by atoms with E-state index in [-0.39, 0.29) is 23.6 Å². The largest absolute Gasteiger partial charge is 0.441 e. The minimum absolute atomic E-state index is 0.129. The van der Waals surface area contributed by atoms with Gasteiger partial charge >= 0.3 is 0 Å². The third-order valence-electron chi connectivity index (χ3n) is 5.03. The first kappa shape index (κ1) is 23.1. The van der Waals surface area contributed by atoms with Crippen LogP contribution in [0.2, 0.25) is 0 Å². The van der Waals surface area contributed by atoms with Crippen LogP contribution >= 0.6 is 0 Å². The van der Waals surface area contributed by atoms with E-state index in [1.165, 1.54) is 23.2 Å². The van der Waals surface area contributed by atoms with E-state index in [1.807, 2.05) is 0 Å². The van der Waals surface area contributed by atoms with Gasteiger partial charge in [-0.25, -0.2) is 21.8 Å². The van der Waals surface area contributed by atoms with Gasteiger partial charge < -0.3 is 9.32 Å². The number of carbonyl (C=O) groups is 1. The van der Waals surface area contributed by atoms with Gasteiger partial charge in [0.2, 0.25) is 5.91 Å². The molecule has 8 nitrogen and oxygen atoms in total. The molecular formula is C19H26N2O6S2. The predicted molar refractivity (Wildman–Crippen MR) is 110 cm³/mol. The molecule has 0 aliphatic carbocycles. The van der Waals surface area contributed by atoms with Crippen molar-refractivity contribution < 1.29 is 26.0 Å². The lowest BCUT2D eigenvalue weighted by Gasteiger charge is -2.28. The zero-order chi connectivity index (χ0) is 22.0. The Morgan fingerprint density at radius 3 is 2.21 bits per heavy atom. The molecule has 0 aliphatic rings. The first-order valence-electron chi connectivity index (χ1n) is 9.00. The van der Waals surface area contributed by atoms with Crippen LogP contribution in [0.25, 0.3) is 11.3 Å². The van der Waals surface area contributed by atoms with Crippen LogP contribution in [0.15, 0.2) is 39.8 Å². The van der Waals surface area contributed by atoms with Crippen molar-refractivity contribution in [2.45, 2.75) is 42.9 Å². The van der Waals surface area contributed by atoms with Gasteiger partial charge in [0.25, 0.3) is 0 Å². The molecule has 0 bridgehead atoms. The van der Waals surface area contributed by atoms with Crippen molar-refractivity contribution in [2.24, 2.45) is 0 Å². The molecular weight excluding hydrogens is 416 g/mol. The molecule has 1 heterocycles. The summed E-state index contributed by atoms with van der Waals surface area (Å²) >= 11 is 0. The van der Waals surface area contributed by atoms with Crippen LogP contribution in [0.4, 0.5) is 0 Å². The summed E-state index contributed by atoms with van der Waals surface area (Å²) in [7, 11) is -4.94. The van der Waals surface area contributed by atoms with Crippen LogP contribution < -0.4 is 0 Å². The molecule has 0 saturated carbocycles. The second-order valence-corrected chi connectivity index (χ2v) is 11.6. The zero-order valence-corrected chi connectivity index (χ0v) is 18.7. The number of nitrogens with zero attached hydrogens (tertiary/aromatic N) is 2. The summed E-state index contributed by atoms with van der Waals surface area (Å²) in [6, 6.07) is 5.80. The molecule has 1 amide bonds. The van der Waals surface area contributed by atoms with Crippen LogP contribution in [-0.2, 0) is 30.9 Å². The predicted octanol–water partition coefficient (Wildman–Crippen LogP) is 1.96. The fourth-order valence-electron chi connectivity index (χ4n) is 2.72. The van der Waals surface area contributed by atoms with Crippen LogP contribution in [-0.4, -0.2) is 63.5 Å². The molecule has 0 saturated heterocycles. The number of amides is 1. The SMILES string of the molecule is CC(C(C)S(C)(=O)=O)N(C)C(=O)CCc1ncc(-c2ccc(S(C)(=O)=O)cc2)o1. The standard InChI is InChI=1S/C19H26N2O6S2/c1-13(14(2)28(4,23)24)21(3)19(22)11-10-18-20-12-17(27-18)15-6-8-16(9-7-15)29(5,25)26/h6-9,12-14H,10-11H2,1-5H3. The van der Waals surface area contributed by atoms with Crippen LogP contribution in [0, 0.1) is 0 Å². The Morgan fingerprint density at radius 2 is 1.69 bits per heavy atom. The second-order valence-electron chi connectivity index (χ2n) is 7.19. The van der Waals surface area contributed by atoms with Gasteiger partial charge in [-0.05, 0) is 38.1 Å². The molecule has 2 rings (SSSR count). The monoisotopic (exact) mass is 442 g/mol. The maximum atomic E-state index is 12.4. The first-order chi connectivity index (χ1) is 13.3. The lowest BCUT2D eigenvalue weighted by Crippen LogP contribution is -2.44. The summed E-state index contributed by atoms with van der Waals surface area (Å²) in [5.41, 5.74) is 0.676. The van der Waals surface area contributed by atoms with E-state index in [9.17, 15) is 21.6 Å². The highest BCUT2D eigenvalue weighted by Gasteiger charge is 2.28. The Labute approximate surface area is 171 Å². The number of benzene rings is 1. The molecule has 0 radical (unpaired) electrons. The molecule has 0 aliphatic heterocycles. The zero-order valence-electron chi connectivity index (χ0n) is 17.1. The number of aromatic nitrogens is 1. The number of sulfone groups is 2. The van der Waals surface area contributed by atoms with E-state index in [0.29, 0.717) is 17.2 Å². The fourth-order valence-corrected chi connectivity index (χ4v) is 4.24. The second kappa shape index (κ2) is 8.66. The molecule has 0 N–H and O–H groups in total. The van der Waals surface area contributed by atoms with Gasteiger partial charge in [-0.3, -0.25) is 4.79 Å². The van der Waals surface area contributed by atoms with Gasteiger partial charge in [0, 0.05) is 44.0 Å². The van der Waals surface area contributed by atoms with Crippen LogP contribution in [0.1, 0.15) is 26.2 Å². The summed E-state index contributed by atoms with van der Waals surface area (Å²) in [6.07, 6.45) is 4.21. The van der Waals surface area contributed by atoms with Crippen LogP contribution in [0.3, 0.4) is 0 Å². The maximum Gasteiger partial charge on any atom is 0.223 e. The van der Waals surface area contributed by atoms with Gasteiger partial charge in [0.05, 0.1) is 16.3 Å². The number of hydrogen-bond acceptors (Lipinski definition) is 7. The van der Waals surface area contributed by atoms with E-state index < -0.39 is 31.0 Å². The number of rotatable bonds is 8. The van der Waals surface area contributed by atoms with Gasteiger partial charge in [0.1, 0.15) is 0 Å². The first-order valence-corrected chi connectivity index (χ1v) is 12.8. The van der Waals surface area contributed by atoms with Gasteiger partial charge in [-0.2, -0.15) is 0 Å². The van der Waals surface area contributed by atoms with E-state index in [1.54, 1.807) is 33.0 Å². The molecule has 1 aromatic carbocycles. The fraction of sp³-hybridized carbons (Fsp3) is 0.474. The van der Waals surface area contributed by atoms with Crippen molar-refractivity contribution >= 4 is 25.6 Å². The third-order valence-corrected chi connectivity index (χ3v) is 7.91. The van der Waals surface area contributed by atoms with E-state index >= 15 is 0 Å². The smallest absolute Gasteiger partial charge is 0.223 e. The molecule has 0 spiro atoms. The highest BCUT2D eigenvalue weighted by atomic mass is 32.2. The van der Waals surface area contributed by atoms with Crippen molar-refractivity contribution in [3.8, 4) is 11.3 Å². The Bertz CT molecular complexity index is 1070. The number of carbonyl (C=O) groups excluding carboxylic acids is 1. The Kier molecular flexibility index (Phi) is 6.89. The number of aryl methyl sites for hydroxylation is 1. The average Bonchev–Trinajstić information content (AvgIpc) is 3.12. The lowest BCUT2D eigenvalue weighted by molar-refractivity contribution is -0.131. The summed E-state index contributed by atoms with van der Waals surface area (Å²) in [6.45, 7) is 3.28. The molecule has 0 fully saturated rings. The highest BCUT2D eigenvalue weighted by molar-refractivity contribution is 7.91. The quantitative estimate of drug-likeness (QED) is 0.614. The highest BCUT2D eigenvalue weighted by Crippen LogP contribution is 2.23. The minimum atomic E-state index is -3.27. The molecule has 160 valence electrons. The molecule has 2 aromatic rings. The number of hydrogen-bond donors (Lipinski definition) is 0. The summed E-state index contributed by atoms with van der Waals surface area (Å²) in [5.74, 6) is 0.642. The topological polar surface area (TPSA) is 115 Å². The van der Waals surface area contributed by atoms with Crippen molar-refractivity contribution in [3.63, 3.8) is 0 Å². The summed E-state index contributed by atoms with van der Waals surface area (Å²) in [4.78, 5) is 18.2. The molecule has 1 aromatic heterocycles. The normalized spacial score (nSPS) is 14.4. The van der Waals surface area contributed by atoms with Crippen molar-refractivity contribution in [3.05, 3.63) is 36.4 Å². The molecule has 29 heavy (non-hydrogen) atoms. The summed E-state index contributed by atoms with van der Waals surface area (Å²) < 4.78 is 52.1. The Balaban J connectivity index is 2.01. The molecule has 10 heteroatoms. The van der Waals surface area contributed by atoms with Crippen molar-refractivity contribution in [1.82, 2.24) is 9.88 Å². The lowest BCUT2D eigenvalue weighted by atomic mass is 10.2. The van der Waals surface area contributed by atoms with E-state index in [4.69, 9.17) is 4.42 Å². The maximum absolute atomic E-state index is 12.4. The van der Waals surface area contributed by atoms with Crippen LogP contribution in [0.5, 0.6) is 0 Å².